The molecule has 5 nitrogen and oxygen atoms in total. The minimum absolute atomic E-state index is 0.00644. The molecule has 0 fully saturated rings. The van der Waals surface area contributed by atoms with E-state index < -0.39 is 10.0 Å². The van der Waals surface area contributed by atoms with Gasteiger partial charge in [0.1, 0.15) is 4.90 Å². The summed E-state index contributed by atoms with van der Waals surface area (Å²) in [6.07, 6.45) is 1.42. The Morgan fingerprint density at radius 1 is 1.42 bits per heavy atom. The first-order chi connectivity index (χ1) is 8.86. The van der Waals surface area contributed by atoms with Crippen molar-refractivity contribution in [1.82, 2.24) is 4.31 Å². The van der Waals surface area contributed by atoms with Gasteiger partial charge in [-0.3, -0.25) is 0 Å². The van der Waals surface area contributed by atoms with Gasteiger partial charge in [-0.25, -0.2) is 8.42 Å². The number of aliphatic hydroxyl groups is 1. The Bertz CT molecular complexity index is 576. The third kappa shape index (κ3) is 3.40. The molecule has 0 atom stereocenters. The molecule has 1 aromatic rings. The van der Waals surface area contributed by atoms with Crippen LogP contribution in [0.2, 0.25) is 10.0 Å². The molecule has 0 aliphatic heterocycles. The van der Waals surface area contributed by atoms with Crippen molar-refractivity contribution in [2.75, 3.05) is 25.4 Å². The second kappa shape index (κ2) is 6.58. The van der Waals surface area contributed by atoms with Gasteiger partial charge in [0.2, 0.25) is 10.0 Å². The van der Waals surface area contributed by atoms with Crippen LogP contribution in [0.5, 0.6) is 0 Å². The van der Waals surface area contributed by atoms with Crippen molar-refractivity contribution in [3.63, 3.8) is 0 Å². The highest BCUT2D eigenvalue weighted by molar-refractivity contribution is 7.89. The summed E-state index contributed by atoms with van der Waals surface area (Å²) in [6.45, 7) is 3.16. The van der Waals surface area contributed by atoms with Gasteiger partial charge in [-0.1, -0.05) is 29.3 Å². The van der Waals surface area contributed by atoms with Gasteiger partial charge in [0.05, 0.1) is 22.3 Å². The van der Waals surface area contributed by atoms with Crippen molar-refractivity contribution < 1.29 is 13.5 Å². The largest absolute Gasteiger partial charge is 0.396 e. The molecule has 8 heteroatoms. The zero-order valence-electron chi connectivity index (χ0n) is 10.0. The zero-order valence-corrected chi connectivity index (χ0v) is 12.3. The molecule has 0 bridgehead atoms. The van der Waals surface area contributed by atoms with E-state index in [2.05, 4.69) is 6.58 Å². The number of aliphatic hydroxyl groups excluding tert-OH is 1. The Kier molecular flexibility index (Phi) is 5.64. The van der Waals surface area contributed by atoms with Gasteiger partial charge in [0.25, 0.3) is 0 Å². The van der Waals surface area contributed by atoms with Gasteiger partial charge in [-0.2, -0.15) is 4.31 Å². The maximum Gasteiger partial charge on any atom is 0.244 e. The van der Waals surface area contributed by atoms with Crippen molar-refractivity contribution in [2.24, 2.45) is 0 Å². The molecule has 0 heterocycles. The van der Waals surface area contributed by atoms with Crippen LogP contribution in [0.15, 0.2) is 29.7 Å². The predicted molar refractivity (Wildman–Crippen MR) is 76.9 cm³/mol. The number of anilines is 1. The van der Waals surface area contributed by atoms with Crippen LogP contribution in [0.25, 0.3) is 0 Å². The summed E-state index contributed by atoms with van der Waals surface area (Å²) in [5.74, 6) is 0. The van der Waals surface area contributed by atoms with E-state index in [1.807, 2.05) is 0 Å². The highest BCUT2D eigenvalue weighted by Gasteiger charge is 2.27. The van der Waals surface area contributed by atoms with Crippen LogP contribution in [-0.2, 0) is 10.0 Å². The Hall–Kier alpha value is -0.790. The molecule has 106 valence electrons. The van der Waals surface area contributed by atoms with E-state index in [0.29, 0.717) is 0 Å². The van der Waals surface area contributed by atoms with Gasteiger partial charge in [0.15, 0.2) is 0 Å². The number of sulfonamides is 1. The monoisotopic (exact) mass is 324 g/mol. The van der Waals surface area contributed by atoms with Gasteiger partial charge in [-0.05, 0) is 12.1 Å². The van der Waals surface area contributed by atoms with E-state index >= 15 is 0 Å². The quantitative estimate of drug-likeness (QED) is 0.616. The van der Waals surface area contributed by atoms with Crippen LogP contribution < -0.4 is 5.73 Å². The lowest BCUT2D eigenvalue weighted by molar-refractivity contribution is 0.260. The molecular weight excluding hydrogens is 311 g/mol. The van der Waals surface area contributed by atoms with E-state index in [1.165, 1.54) is 18.2 Å². The van der Waals surface area contributed by atoms with E-state index in [4.69, 9.17) is 34.0 Å². The molecule has 0 unspecified atom stereocenters. The third-order valence-corrected chi connectivity index (χ3v) is 5.15. The first-order valence-corrected chi connectivity index (χ1v) is 7.51. The molecular formula is C11H14Cl2N2O3S. The molecule has 0 saturated heterocycles. The van der Waals surface area contributed by atoms with E-state index in [0.717, 1.165) is 4.31 Å². The lowest BCUT2D eigenvalue weighted by Gasteiger charge is -2.20. The fraction of sp³-hybridized carbons (Fsp3) is 0.273. The summed E-state index contributed by atoms with van der Waals surface area (Å²) in [5.41, 5.74) is 5.62. The summed E-state index contributed by atoms with van der Waals surface area (Å²) < 4.78 is 25.8. The second-order valence-corrected chi connectivity index (χ2v) is 6.34. The Morgan fingerprint density at radius 3 is 2.58 bits per heavy atom. The third-order valence-electron chi connectivity index (χ3n) is 2.39. The number of halogens is 2. The van der Waals surface area contributed by atoms with Gasteiger partial charge >= 0.3 is 0 Å². The molecule has 0 saturated carbocycles. The lowest BCUT2D eigenvalue weighted by atomic mass is 10.3. The highest BCUT2D eigenvalue weighted by atomic mass is 35.5. The molecule has 0 spiro atoms. The second-order valence-electron chi connectivity index (χ2n) is 3.65. The van der Waals surface area contributed by atoms with Crippen LogP contribution >= 0.6 is 23.2 Å². The summed E-state index contributed by atoms with van der Waals surface area (Å²) >= 11 is 11.7. The minimum atomic E-state index is -3.86. The fourth-order valence-electron chi connectivity index (χ4n) is 1.45. The van der Waals surface area contributed by atoms with Gasteiger partial charge < -0.3 is 10.8 Å². The Morgan fingerprint density at radius 2 is 2.05 bits per heavy atom. The molecule has 0 aromatic heterocycles. The minimum Gasteiger partial charge on any atom is -0.396 e. The van der Waals surface area contributed by atoms with Crippen LogP contribution in [0.4, 0.5) is 5.69 Å². The number of hydrogen-bond acceptors (Lipinski definition) is 4. The predicted octanol–water partition coefficient (Wildman–Crippen LogP) is 1.74. The van der Waals surface area contributed by atoms with Crippen LogP contribution in [0.1, 0.15) is 0 Å². The van der Waals surface area contributed by atoms with Crippen molar-refractivity contribution >= 4 is 38.9 Å². The number of nitrogens with zero attached hydrogens (tertiary/aromatic N) is 1. The smallest absolute Gasteiger partial charge is 0.244 e. The fourth-order valence-corrected chi connectivity index (χ4v) is 3.59. The number of nitrogen functional groups attached to an aromatic ring is 1. The summed E-state index contributed by atoms with van der Waals surface area (Å²) in [4.78, 5) is -0.147. The Balaban J connectivity index is 3.33. The summed E-state index contributed by atoms with van der Waals surface area (Å²) in [6, 6.07) is 2.64. The van der Waals surface area contributed by atoms with Crippen LogP contribution in [0.3, 0.4) is 0 Å². The van der Waals surface area contributed by atoms with E-state index in [-0.39, 0.29) is 40.3 Å². The normalized spacial score (nSPS) is 11.8. The van der Waals surface area contributed by atoms with Crippen LogP contribution in [-0.4, -0.2) is 37.5 Å². The van der Waals surface area contributed by atoms with Crippen molar-refractivity contribution in [1.29, 1.82) is 0 Å². The topological polar surface area (TPSA) is 83.6 Å². The first kappa shape index (κ1) is 16.3. The van der Waals surface area contributed by atoms with Gasteiger partial charge in [0, 0.05) is 13.1 Å². The molecule has 0 radical (unpaired) electrons. The zero-order chi connectivity index (χ0) is 14.6. The standard InChI is InChI=1S/C11H14Cl2N2O3S/c1-2-5-15(6-7-16)19(17,18)9-4-3-8(12)11(14)10(9)13/h2-4,16H,1,5-7,14H2. The molecule has 3 N–H and O–H groups in total. The number of rotatable bonds is 6. The van der Waals surface area contributed by atoms with Crippen molar-refractivity contribution in [3.05, 3.63) is 34.8 Å². The van der Waals surface area contributed by atoms with Crippen LogP contribution in [0, 0.1) is 0 Å². The first-order valence-electron chi connectivity index (χ1n) is 5.31. The van der Waals surface area contributed by atoms with E-state index in [9.17, 15) is 8.42 Å². The van der Waals surface area contributed by atoms with Crippen molar-refractivity contribution in [2.45, 2.75) is 4.90 Å². The summed E-state index contributed by atoms with van der Waals surface area (Å²) in [7, 11) is -3.86. The number of hydrogen-bond donors (Lipinski definition) is 2. The molecule has 1 rings (SSSR count). The highest BCUT2D eigenvalue weighted by Crippen LogP contribution is 2.34. The average Bonchev–Trinajstić information content (AvgIpc) is 2.35. The van der Waals surface area contributed by atoms with Gasteiger partial charge in [-0.15, -0.1) is 6.58 Å². The molecule has 0 amide bonds. The molecule has 1 aromatic carbocycles. The maximum atomic E-state index is 12.4. The number of benzene rings is 1. The number of nitrogens with two attached hydrogens (primary N) is 1. The molecule has 0 aliphatic rings. The van der Waals surface area contributed by atoms with E-state index in [1.54, 1.807) is 0 Å². The SMILES string of the molecule is C=CCN(CCO)S(=O)(=O)c1ccc(Cl)c(N)c1Cl. The molecule has 19 heavy (non-hydrogen) atoms. The van der Waals surface area contributed by atoms with Crippen molar-refractivity contribution in [3.8, 4) is 0 Å². The average molecular weight is 325 g/mol. The lowest BCUT2D eigenvalue weighted by Crippen LogP contribution is -2.34. The Labute approximate surface area is 122 Å². The molecule has 0 aliphatic carbocycles. The summed E-state index contributed by atoms with van der Waals surface area (Å²) in [5, 5.41) is 8.98. The maximum absolute atomic E-state index is 12.4.